The Bertz CT molecular complexity index is 1520. The van der Waals surface area contributed by atoms with Crippen LogP contribution in [0.4, 0.5) is 17.6 Å². The molecule has 0 radical (unpaired) electrons. The van der Waals surface area contributed by atoms with Gasteiger partial charge in [-0.05, 0) is 46.8 Å². The third-order valence-corrected chi connectivity index (χ3v) is 5.53. The summed E-state index contributed by atoms with van der Waals surface area (Å²) in [4.78, 5) is 8.10. The van der Waals surface area contributed by atoms with E-state index < -0.39 is 41.0 Å². The van der Waals surface area contributed by atoms with E-state index in [4.69, 9.17) is 4.74 Å². The molecule has 5 rings (SSSR count). The van der Waals surface area contributed by atoms with E-state index in [0.29, 0.717) is 11.6 Å². The summed E-state index contributed by atoms with van der Waals surface area (Å²) in [5.74, 6) is -6.20. The van der Waals surface area contributed by atoms with Gasteiger partial charge in [0.1, 0.15) is 29.4 Å². The number of tetrazole rings is 1. The Morgan fingerprint density at radius 2 is 1.81 bits per heavy atom. The molecule has 8 nitrogen and oxygen atoms in total. The number of hydrogen-bond acceptors (Lipinski definition) is 7. The molecule has 36 heavy (non-hydrogen) atoms. The van der Waals surface area contributed by atoms with E-state index in [1.54, 1.807) is 18.2 Å². The predicted octanol–water partition coefficient (Wildman–Crippen LogP) is 4.37. The van der Waals surface area contributed by atoms with Gasteiger partial charge in [-0.1, -0.05) is 18.2 Å². The van der Waals surface area contributed by atoms with Crippen molar-refractivity contribution >= 4 is 10.9 Å². The van der Waals surface area contributed by atoms with Gasteiger partial charge in [0.15, 0.2) is 5.60 Å². The maximum atomic E-state index is 15.8. The number of halogens is 4. The van der Waals surface area contributed by atoms with Crippen molar-refractivity contribution in [2.75, 3.05) is 0 Å². The molecule has 0 aliphatic rings. The fourth-order valence-corrected chi connectivity index (χ4v) is 3.73. The number of hydrogen-bond donors (Lipinski definition) is 1. The highest BCUT2D eigenvalue weighted by Gasteiger charge is 2.58. The van der Waals surface area contributed by atoms with Gasteiger partial charge in [0.2, 0.25) is 5.88 Å². The van der Waals surface area contributed by atoms with Gasteiger partial charge in [0.05, 0.1) is 18.3 Å². The van der Waals surface area contributed by atoms with E-state index in [9.17, 15) is 13.9 Å². The number of benzene rings is 2. The molecule has 0 aliphatic heterocycles. The average Bonchev–Trinajstić information content (AvgIpc) is 3.37. The van der Waals surface area contributed by atoms with Crippen molar-refractivity contribution in [1.82, 2.24) is 30.2 Å². The second kappa shape index (κ2) is 8.96. The Balaban J connectivity index is 1.48. The van der Waals surface area contributed by atoms with Gasteiger partial charge >= 0.3 is 5.92 Å². The van der Waals surface area contributed by atoms with Crippen LogP contribution >= 0.6 is 0 Å². The summed E-state index contributed by atoms with van der Waals surface area (Å²) in [7, 11) is 0. The summed E-state index contributed by atoms with van der Waals surface area (Å²) in [6.45, 7) is -0.948. The van der Waals surface area contributed by atoms with E-state index >= 15 is 8.78 Å². The number of aliphatic hydroxyl groups is 1. The lowest BCUT2D eigenvalue weighted by Gasteiger charge is -2.35. The quantitative estimate of drug-likeness (QED) is 0.334. The second-order valence-electron chi connectivity index (χ2n) is 7.89. The van der Waals surface area contributed by atoms with Crippen LogP contribution in [0.2, 0.25) is 0 Å². The molecule has 182 valence electrons. The minimum atomic E-state index is -4.17. The monoisotopic (exact) mass is 496 g/mol. The van der Waals surface area contributed by atoms with Gasteiger partial charge in [0, 0.05) is 23.1 Å². The summed E-state index contributed by atoms with van der Waals surface area (Å²) in [6, 6.07) is 14.8. The molecular formula is C24H16F4N6O2. The zero-order valence-corrected chi connectivity index (χ0v) is 18.3. The van der Waals surface area contributed by atoms with Crippen LogP contribution in [0.15, 0.2) is 79.3 Å². The predicted molar refractivity (Wildman–Crippen MR) is 118 cm³/mol. The molecule has 0 aliphatic carbocycles. The number of rotatable bonds is 7. The Hall–Kier alpha value is -4.45. The number of pyridine rings is 2. The third-order valence-electron chi connectivity index (χ3n) is 5.53. The van der Waals surface area contributed by atoms with Gasteiger partial charge in [-0.15, -0.1) is 5.10 Å². The molecule has 1 atom stereocenters. The number of fused-ring (bicyclic) bond motifs is 1. The van der Waals surface area contributed by atoms with Gasteiger partial charge < -0.3 is 9.84 Å². The van der Waals surface area contributed by atoms with Gasteiger partial charge in [-0.3, -0.25) is 4.98 Å². The largest absolute Gasteiger partial charge is 0.437 e. The third kappa shape index (κ3) is 4.22. The summed E-state index contributed by atoms with van der Waals surface area (Å²) in [5, 5.41) is 22.3. The first-order valence-electron chi connectivity index (χ1n) is 10.5. The first-order chi connectivity index (χ1) is 17.3. The Morgan fingerprint density at radius 1 is 0.972 bits per heavy atom. The van der Waals surface area contributed by atoms with Crippen LogP contribution in [0, 0.1) is 11.6 Å². The zero-order valence-electron chi connectivity index (χ0n) is 18.3. The summed E-state index contributed by atoms with van der Waals surface area (Å²) < 4.78 is 66.1. The number of alkyl halides is 2. The molecule has 1 N–H and O–H groups in total. The van der Waals surface area contributed by atoms with Gasteiger partial charge in [-0.2, -0.15) is 8.78 Å². The highest BCUT2D eigenvalue weighted by Crippen LogP contribution is 2.46. The minimum Gasteiger partial charge on any atom is -0.437 e. The van der Waals surface area contributed by atoms with Crippen molar-refractivity contribution < 1.29 is 27.4 Å². The molecule has 5 aromatic rings. The SMILES string of the molecule is OC(Cn1cnnn1)(c1ccc(F)cc1F)C(F)(F)c1ccc(Oc2ccc3ccccc3n2)cn1. The highest BCUT2D eigenvalue weighted by molar-refractivity contribution is 5.78. The van der Waals surface area contributed by atoms with Crippen LogP contribution in [-0.4, -0.2) is 35.3 Å². The molecule has 2 aromatic carbocycles. The fraction of sp³-hybridized carbons (Fsp3) is 0.125. The van der Waals surface area contributed by atoms with Crippen LogP contribution in [0.1, 0.15) is 11.3 Å². The molecule has 0 amide bonds. The standard InChI is InChI=1S/C24H16F4N6O2/c25-16-6-8-18(19(26)11-16)23(35,13-34-14-30-32-33-34)24(27,28)21-9-7-17(12-29-21)36-22-10-5-15-3-1-2-4-20(15)31-22/h1-12,14,35H,13H2. The Kier molecular flexibility index (Phi) is 5.80. The number of ether oxygens (including phenoxy) is 1. The number of para-hydroxylation sites is 1. The fourth-order valence-electron chi connectivity index (χ4n) is 3.73. The lowest BCUT2D eigenvalue weighted by atomic mass is 9.84. The average molecular weight is 496 g/mol. The zero-order chi connectivity index (χ0) is 25.3. The first-order valence-corrected chi connectivity index (χ1v) is 10.5. The van der Waals surface area contributed by atoms with Crippen LogP contribution in [0.3, 0.4) is 0 Å². The molecule has 1 unspecified atom stereocenters. The normalized spacial score (nSPS) is 13.5. The van der Waals surface area contributed by atoms with Crippen LogP contribution in [0.25, 0.3) is 10.9 Å². The highest BCUT2D eigenvalue weighted by atomic mass is 19.3. The van der Waals surface area contributed by atoms with Crippen molar-refractivity contribution in [3.8, 4) is 11.6 Å². The van der Waals surface area contributed by atoms with E-state index in [1.165, 1.54) is 6.07 Å². The molecule has 3 heterocycles. The molecule has 3 aromatic heterocycles. The second-order valence-corrected chi connectivity index (χ2v) is 7.89. The minimum absolute atomic E-state index is 0.106. The molecule has 0 bridgehead atoms. The maximum Gasteiger partial charge on any atom is 0.323 e. The number of nitrogens with zero attached hydrogens (tertiary/aromatic N) is 6. The molecule has 0 spiro atoms. The Labute approximate surface area is 200 Å². The van der Waals surface area contributed by atoms with Crippen LogP contribution in [0.5, 0.6) is 11.6 Å². The number of aromatic nitrogens is 6. The smallest absolute Gasteiger partial charge is 0.323 e. The van der Waals surface area contributed by atoms with E-state index in [1.807, 2.05) is 18.2 Å². The molecular weight excluding hydrogens is 480 g/mol. The van der Waals surface area contributed by atoms with Gasteiger partial charge in [0.25, 0.3) is 0 Å². The summed E-state index contributed by atoms with van der Waals surface area (Å²) in [6.07, 6.45) is 2.00. The van der Waals surface area contributed by atoms with E-state index in [0.717, 1.165) is 40.8 Å². The van der Waals surface area contributed by atoms with E-state index in [-0.39, 0.29) is 11.6 Å². The van der Waals surface area contributed by atoms with Crippen LogP contribution < -0.4 is 4.74 Å². The first kappa shape index (κ1) is 23.3. The molecule has 0 fully saturated rings. The lowest BCUT2D eigenvalue weighted by molar-refractivity contribution is -0.207. The van der Waals surface area contributed by atoms with E-state index in [2.05, 4.69) is 25.5 Å². The Morgan fingerprint density at radius 3 is 2.53 bits per heavy atom. The van der Waals surface area contributed by atoms with Gasteiger partial charge in [-0.25, -0.2) is 18.4 Å². The lowest BCUT2D eigenvalue weighted by Crippen LogP contribution is -2.48. The van der Waals surface area contributed by atoms with Crippen molar-refractivity contribution in [2.24, 2.45) is 0 Å². The van der Waals surface area contributed by atoms with Crippen molar-refractivity contribution in [2.45, 2.75) is 18.1 Å². The molecule has 0 saturated carbocycles. The van der Waals surface area contributed by atoms with Crippen molar-refractivity contribution in [3.63, 3.8) is 0 Å². The summed E-state index contributed by atoms with van der Waals surface area (Å²) in [5.41, 5.74) is -4.29. The summed E-state index contributed by atoms with van der Waals surface area (Å²) >= 11 is 0. The maximum absolute atomic E-state index is 15.8. The molecule has 12 heteroatoms. The van der Waals surface area contributed by atoms with Crippen molar-refractivity contribution in [3.05, 3.63) is 102 Å². The topological polar surface area (TPSA) is 98.8 Å². The van der Waals surface area contributed by atoms with Crippen LogP contribution in [-0.2, 0) is 18.1 Å². The molecule has 0 saturated heterocycles. The van der Waals surface area contributed by atoms with Crippen molar-refractivity contribution in [1.29, 1.82) is 0 Å².